The Balaban J connectivity index is 2.07. The third-order valence-electron chi connectivity index (χ3n) is 2.26. The molecule has 0 saturated carbocycles. The maximum absolute atomic E-state index is 10.0. The molecule has 1 unspecified atom stereocenters. The van der Waals surface area contributed by atoms with E-state index in [-0.39, 0.29) is 0 Å². The number of aryl methyl sites for hydroxylation is 1. The molecule has 84 valence electrons. The normalized spacial score (nSPS) is 12.7. The molecular weight excluding hydrogens is 333 g/mol. The van der Waals surface area contributed by atoms with Crippen molar-refractivity contribution in [3.63, 3.8) is 0 Å². The van der Waals surface area contributed by atoms with Gasteiger partial charge >= 0.3 is 0 Å². The highest BCUT2D eigenvalue weighted by atomic mass is 127. The van der Waals surface area contributed by atoms with Crippen molar-refractivity contribution >= 4 is 33.9 Å². The van der Waals surface area contributed by atoms with Gasteiger partial charge in [0.15, 0.2) is 0 Å². The van der Waals surface area contributed by atoms with Gasteiger partial charge in [0, 0.05) is 21.1 Å². The first-order valence-electron chi connectivity index (χ1n) is 4.99. The molecule has 0 amide bonds. The molecule has 0 radical (unpaired) electrons. The summed E-state index contributed by atoms with van der Waals surface area (Å²) in [5.74, 6) is 0. The van der Waals surface area contributed by atoms with Crippen molar-refractivity contribution in [3.8, 4) is 0 Å². The van der Waals surface area contributed by atoms with Crippen LogP contribution >= 0.6 is 33.9 Å². The predicted octanol–water partition coefficient (Wildman–Crippen LogP) is 3.33. The van der Waals surface area contributed by atoms with Gasteiger partial charge in [0.1, 0.15) is 11.1 Å². The summed E-state index contributed by atoms with van der Waals surface area (Å²) < 4.78 is 1.21. The van der Waals surface area contributed by atoms with Gasteiger partial charge in [-0.05, 0) is 47.2 Å². The number of nitrogens with zero attached hydrogens (tertiary/aromatic N) is 1. The van der Waals surface area contributed by atoms with Crippen molar-refractivity contribution < 1.29 is 5.11 Å². The van der Waals surface area contributed by atoms with Crippen LogP contribution in [-0.4, -0.2) is 10.1 Å². The Kier molecular flexibility index (Phi) is 3.94. The molecule has 0 saturated heterocycles. The molecule has 2 aromatic rings. The highest BCUT2D eigenvalue weighted by molar-refractivity contribution is 14.1. The summed E-state index contributed by atoms with van der Waals surface area (Å²) in [7, 11) is 0. The van der Waals surface area contributed by atoms with Gasteiger partial charge in [-0.1, -0.05) is 12.1 Å². The number of thiazole rings is 1. The molecule has 1 aromatic heterocycles. The number of aromatic nitrogens is 1. The smallest absolute Gasteiger partial charge is 0.122 e. The van der Waals surface area contributed by atoms with Crippen LogP contribution in [0.25, 0.3) is 0 Å². The second-order valence-electron chi connectivity index (χ2n) is 3.67. The fraction of sp³-hybridized carbons (Fsp3) is 0.250. The second kappa shape index (κ2) is 5.25. The first kappa shape index (κ1) is 12.0. The molecule has 1 atom stereocenters. The van der Waals surface area contributed by atoms with Gasteiger partial charge < -0.3 is 5.11 Å². The van der Waals surface area contributed by atoms with E-state index >= 15 is 0 Å². The van der Waals surface area contributed by atoms with E-state index in [9.17, 15) is 5.11 Å². The monoisotopic (exact) mass is 345 g/mol. The van der Waals surface area contributed by atoms with Crippen molar-refractivity contribution in [1.82, 2.24) is 4.98 Å². The number of benzene rings is 1. The molecule has 0 fully saturated rings. The van der Waals surface area contributed by atoms with Gasteiger partial charge in [0.05, 0.1) is 0 Å². The summed E-state index contributed by atoms with van der Waals surface area (Å²) in [6, 6.07) is 8.20. The van der Waals surface area contributed by atoms with Crippen molar-refractivity contribution in [2.24, 2.45) is 0 Å². The van der Waals surface area contributed by atoms with Gasteiger partial charge in [-0.3, -0.25) is 0 Å². The van der Waals surface area contributed by atoms with Crippen molar-refractivity contribution in [3.05, 3.63) is 49.5 Å². The van der Waals surface area contributed by atoms with Crippen LogP contribution in [0.15, 0.2) is 29.6 Å². The van der Waals surface area contributed by atoms with Crippen LogP contribution in [0.3, 0.4) is 0 Å². The van der Waals surface area contributed by atoms with Gasteiger partial charge in [-0.2, -0.15) is 0 Å². The average Bonchev–Trinajstić information content (AvgIpc) is 2.68. The molecule has 0 aliphatic rings. The second-order valence-corrected chi connectivity index (χ2v) is 5.81. The molecule has 1 N–H and O–H groups in total. The summed E-state index contributed by atoms with van der Waals surface area (Å²) >= 11 is 3.79. The van der Waals surface area contributed by atoms with Crippen LogP contribution in [0.1, 0.15) is 22.4 Å². The van der Waals surface area contributed by atoms with E-state index < -0.39 is 6.10 Å². The van der Waals surface area contributed by atoms with E-state index in [1.807, 2.05) is 24.4 Å². The van der Waals surface area contributed by atoms with Crippen molar-refractivity contribution in [1.29, 1.82) is 0 Å². The number of halogens is 1. The lowest BCUT2D eigenvalue weighted by Crippen LogP contribution is -2.01. The zero-order valence-corrected chi connectivity index (χ0v) is 11.8. The Morgan fingerprint density at radius 1 is 1.38 bits per heavy atom. The molecule has 2 nitrogen and oxygen atoms in total. The van der Waals surface area contributed by atoms with Crippen LogP contribution < -0.4 is 0 Å². The Hall–Kier alpha value is -0.460. The Morgan fingerprint density at radius 3 is 2.62 bits per heavy atom. The lowest BCUT2D eigenvalue weighted by molar-refractivity contribution is 0.178. The van der Waals surface area contributed by atoms with Crippen molar-refractivity contribution in [2.75, 3.05) is 0 Å². The van der Waals surface area contributed by atoms with E-state index in [0.29, 0.717) is 6.42 Å². The molecule has 1 heterocycles. The average molecular weight is 345 g/mol. The third-order valence-corrected chi connectivity index (χ3v) is 4.05. The summed E-state index contributed by atoms with van der Waals surface area (Å²) in [6.45, 7) is 1.94. The molecule has 0 bridgehead atoms. The molecular formula is C12H12INOS. The van der Waals surface area contributed by atoms with Crippen molar-refractivity contribution in [2.45, 2.75) is 19.4 Å². The molecule has 0 aliphatic carbocycles. The van der Waals surface area contributed by atoms with E-state index in [2.05, 4.69) is 39.7 Å². The summed E-state index contributed by atoms with van der Waals surface area (Å²) in [5, 5.41) is 12.8. The topological polar surface area (TPSA) is 33.1 Å². The number of aliphatic hydroxyl groups excluding tert-OH is 1. The summed E-state index contributed by atoms with van der Waals surface area (Å²) in [6.07, 6.45) is 0.142. The SMILES string of the molecule is Cc1csc(C(O)Cc2ccc(I)cc2)n1. The number of rotatable bonds is 3. The number of hydrogen-bond donors (Lipinski definition) is 1. The molecule has 16 heavy (non-hydrogen) atoms. The van der Waals surface area contributed by atoms with Crippen LogP contribution in [0.2, 0.25) is 0 Å². The highest BCUT2D eigenvalue weighted by Gasteiger charge is 2.11. The molecule has 2 rings (SSSR count). The fourth-order valence-corrected chi connectivity index (χ4v) is 2.60. The molecule has 0 aliphatic heterocycles. The highest BCUT2D eigenvalue weighted by Crippen LogP contribution is 2.22. The Morgan fingerprint density at radius 2 is 2.06 bits per heavy atom. The lowest BCUT2D eigenvalue weighted by Gasteiger charge is -2.07. The van der Waals surface area contributed by atoms with Crippen LogP contribution in [0, 0.1) is 10.5 Å². The zero-order chi connectivity index (χ0) is 11.5. The zero-order valence-electron chi connectivity index (χ0n) is 8.85. The Labute approximate surface area is 112 Å². The predicted molar refractivity (Wildman–Crippen MR) is 74.7 cm³/mol. The minimum atomic E-state index is -0.487. The van der Waals surface area contributed by atoms with E-state index in [1.54, 1.807) is 0 Å². The largest absolute Gasteiger partial charge is 0.386 e. The van der Waals surface area contributed by atoms with E-state index in [0.717, 1.165) is 16.3 Å². The van der Waals surface area contributed by atoms with Gasteiger partial charge in [0.2, 0.25) is 0 Å². The Bertz CT molecular complexity index is 466. The van der Waals surface area contributed by atoms with E-state index in [1.165, 1.54) is 14.9 Å². The maximum Gasteiger partial charge on any atom is 0.122 e. The number of aliphatic hydroxyl groups is 1. The third kappa shape index (κ3) is 3.02. The summed E-state index contributed by atoms with van der Waals surface area (Å²) in [5.41, 5.74) is 2.11. The molecule has 1 aromatic carbocycles. The first-order chi connectivity index (χ1) is 7.65. The maximum atomic E-state index is 10.0. The van der Waals surface area contributed by atoms with Crippen LogP contribution in [0.4, 0.5) is 0 Å². The fourth-order valence-electron chi connectivity index (χ4n) is 1.46. The van der Waals surface area contributed by atoms with Gasteiger partial charge in [-0.25, -0.2) is 4.98 Å². The van der Waals surface area contributed by atoms with Gasteiger partial charge in [-0.15, -0.1) is 11.3 Å². The van der Waals surface area contributed by atoms with E-state index in [4.69, 9.17) is 0 Å². The minimum Gasteiger partial charge on any atom is -0.386 e. The number of hydrogen-bond acceptors (Lipinski definition) is 3. The summed E-state index contributed by atoms with van der Waals surface area (Å²) in [4.78, 5) is 4.29. The lowest BCUT2D eigenvalue weighted by atomic mass is 10.1. The molecule has 0 spiro atoms. The van der Waals surface area contributed by atoms with Gasteiger partial charge in [0.25, 0.3) is 0 Å². The first-order valence-corrected chi connectivity index (χ1v) is 6.95. The van der Waals surface area contributed by atoms with Crippen LogP contribution in [-0.2, 0) is 6.42 Å². The van der Waals surface area contributed by atoms with Crippen LogP contribution in [0.5, 0.6) is 0 Å². The molecule has 4 heteroatoms. The minimum absolute atomic E-state index is 0.487. The quantitative estimate of drug-likeness (QED) is 0.866. The standard InChI is InChI=1S/C12H12INOS/c1-8-7-16-12(14-8)11(15)6-9-2-4-10(13)5-3-9/h2-5,7,11,15H,6H2,1H3.